The van der Waals surface area contributed by atoms with E-state index in [4.69, 9.17) is 16.6 Å². The van der Waals surface area contributed by atoms with Gasteiger partial charge in [-0.3, -0.25) is 4.79 Å². The second kappa shape index (κ2) is 7.20. The summed E-state index contributed by atoms with van der Waals surface area (Å²) >= 11 is 6.02. The number of anilines is 1. The quantitative estimate of drug-likeness (QED) is 0.659. The van der Waals surface area contributed by atoms with Gasteiger partial charge < -0.3 is 9.80 Å². The summed E-state index contributed by atoms with van der Waals surface area (Å²) in [6.07, 6.45) is 0. The lowest BCUT2D eigenvalue weighted by atomic mass is 10.1. The van der Waals surface area contributed by atoms with Crippen molar-refractivity contribution in [3.63, 3.8) is 0 Å². The number of aromatic nitrogens is 1. The average molecular weight is 380 g/mol. The maximum absolute atomic E-state index is 12.7. The second-order valence-electron chi connectivity index (χ2n) is 7.06. The minimum atomic E-state index is 0.0376. The van der Waals surface area contributed by atoms with Crippen molar-refractivity contribution in [1.29, 1.82) is 0 Å². The van der Waals surface area contributed by atoms with E-state index in [-0.39, 0.29) is 5.91 Å². The highest BCUT2D eigenvalue weighted by atomic mass is 35.5. The van der Waals surface area contributed by atoms with Crippen molar-refractivity contribution in [1.82, 2.24) is 9.88 Å². The summed E-state index contributed by atoms with van der Waals surface area (Å²) in [4.78, 5) is 21.8. The predicted molar refractivity (Wildman–Crippen MR) is 111 cm³/mol. The molecule has 0 saturated carbocycles. The standard InChI is InChI=1S/C22H22ClN3O/c1-15-5-3-8-19-16(2)13-20(24-21(15)19)25-9-11-26(12-10-25)22(27)17-6-4-7-18(23)14-17/h3-8,13-14H,9-12H2,1-2H3. The lowest BCUT2D eigenvalue weighted by Crippen LogP contribution is -2.49. The molecule has 138 valence electrons. The third-order valence-corrected chi connectivity index (χ3v) is 5.43. The van der Waals surface area contributed by atoms with Gasteiger partial charge in [0.25, 0.3) is 5.91 Å². The van der Waals surface area contributed by atoms with Gasteiger partial charge >= 0.3 is 0 Å². The highest BCUT2D eigenvalue weighted by molar-refractivity contribution is 6.30. The summed E-state index contributed by atoms with van der Waals surface area (Å²) in [6, 6.07) is 15.6. The number of aryl methyl sites for hydroxylation is 2. The molecule has 4 rings (SSSR count). The Morgan fingerprint density at radius 1 is 0.963 bits per heavy atom. The van der Waals surface area contributed by atoms with Crippen LogP contribution in [0.15, 0.2) is 48.5 Å². The molecule has 1 aliphatic rings. The fraction of sp³-hybridized carbons (Fsp3) is 0.273. The van der Waals surface area contributed by atoms with Crippen molar-refractivity contribution in [2.24, 2.45) is 0 Å². The van der Waals surface area contributed by atoms with Crippen LogP contribution in [0.1, 0.15) is 21.5 Å². The number of rotatable bonds is 2. The lowest BCUT2D eigenvalue weighted by molar-refractivity contribution is 0.0746. The van der Waals surface area contributed by atoms with Gasteiger partial charge in [0.1, 0.15) is 5.82 Å². The Hall–Kier alpha value is -2.59. The highest BCUT2D eigenvalue weighted by Crippen LogP contribution is 2.25. The van der Waals surface area contributed by atoms with Crippen LogP contribution in [-0.2, 0) is 0 Å². The van der Waals surface area contributed by atoms with Gasteiger partial charge in [-0.05, 0) is 49.2 Å². The molecule has 1 amide bonds. The van der Waals surface area contributed by atoms with E-state index in [1.807, 2.05) is 17.0 Å². The third-order valence-electron chi connectivity index (χ3n) is 5.20. The highest BCUT2D eigenvalue weighted by Gasteiger charge is 2.23. The molecule has 0 atom stereocenters. The van der Waals surface area contributed by atoms with Crippen molar-refractivity contribution < 1.29 is 4.79 Å². The van der Waals surface area contributed by atoms with Crippen LogP contribution in [0.2, 0.25) is 5.02 Å². The summed E-state index contributed by atoms with van der Waals surface area (Å²) < 4.78 is 0. The number of para-hydroxylation sites is 1. The van der Waals surface area contributed by atoms with Crippen LogP contribution in [0.4, 0.5) is 5.82 Å². The number of pyridine rings is 1. The summed E-state index contributed by atoms with van der Waals surface area (Å²) in [5.74, 6) is 1.03. The normalized spacial score (nSPS) is 14.6. The van der Waals surface area contributed by atoms with Gasteiger partial charge in [0.15, 0.2) is 0 Å². The first-order valence-corrected chi connectivity index (χ1v) is 9.57. The number of hydrogen-bond donors (Lipinski definition) is 0. The van der Waals surface area contributed by atoms with Gasteiger partial charge in [0.05, 0.1) is 5.52 Å². The Balaban J connectivity index is 1.52. The molecule has 3 aromatic rings. The smallest absolute Gasteiger partial charge is 0.254 e. The molecule has 0 spiro atoms. The van der Waals surface area contributed by atoms with Gasteiger partial charge in [-0.2, -0.15) is 0 Å². The molecule has 1 fully saturated rings. The van der Waals surface area contributed by atoms with Crippen LogP contribution >= 0.6 is 11.6 Å². The van der Waals surface area contributed by atoms with Crippen molar-refractivity contribution in [3.8, 4) is 0 Å². The zero-order valence-electron chi connectivity index (χ0n) is 15.6. The van der Waals surface area contributed by atoms with Crippen LogP contribution in [0.5, 0.6) is 0 Å². The van der Waals surface area contributed by atoms with E-state index in [1.165, 1.54) is 16.5 Å². The molecular weight excluding hydrogens is 358 g/mol. The van der Waals surface area contributed by atoms with E-state index in [2.05, 4.69) is 43.0 Å². The average Bonchev–Trinajstić information content (AvgIpc) is 2.68. The van der Waals surface area contributed by atoms with Crippen molar-refractivity contribution in [3.05, 3.63) is 70.2 Å². The van der Waals surface area contributed by atoms with Crippen LogP contribution in [0.3, 0.4) is 0 Å². The Morgan fingerprint density at radius 2 is 1.70 bits per heavy atom. The molecule has 0 radical (unpaired) electrons. The fourth-order valence-electron chi connectivity index (χ4n) is 3.65. The molecule has 2 aromatic carbocycles. The molecule has 27 heavy (non-hydrogen) atoms. The summed E-state index contributed by atoms with van der Waals surface area (Å²) in [7, 11) is 0. The lowest BCUT2D eigenvalue weighted by Gasteiger charge is -2.35. The molecule has 2 heterocycles. The summed E-state index contributed by atoms with van der Waals surface area (Å²) in [5, 5.41) is 1.79. The van der Waals surface area contributed by atoms with Crippen molar-refractivity contribution in [2.45, 2.75) is 13.8 Å². The van der Waals surface area contributed by atoms with Gasteiger partial charge in [-0.25, -0.2) is 4.98 Å². The number of carbonyl (C=O) groups is 1. The topological polar surface area (TPSA) is 36.4 Å². The summed E-state index contributed by atoms with van der Waals surface area (Å²) in [6.45, 7) is 7.13. The largest absolute Gasteiger partial charge is 0.353 e. The Labute approximate surface area is 164 Å². The number of nitrogens with zero attached hydrogens (tertiary/aromatic N) is 3. The minimum Gasteiger partial charge on any atom is -0.353 e. The number of hydrogen-bond acceptors (Lipinski definition) is 3. The SMILES string of the molecule is Cc1cc(N2CCN(C(=O)c3cccc(Cl)c3)CC2)nc2c(C)cccc12. The molecule has 1 aliphatic heterocycles. The van der Waals surface area contributed by atoms with Crippen LogP contribution in [0, 0.1) is 13.8 Å². The number of amides is 1. The van der Waals surface area contributed by atoms with Gasteiger partial charge in [0.2, 0.25) is 0 Å². The van der Waals surface area contributed by atoms with Crippen molar-refractivity contribution >= 4 is 34.2 Å². The molecule has 5 heteroatoms. The van der Waals surface area contributed by atoms with Gasteiger partial charge in [-0.15, -0.1) is 0 Å². The van der Waals surface area contributed by atoms with Gasteiger partial charge in [0, 0.05) is 42.2 Å². The first-order chi connectivity index (χ1) is 13.0. The fourth-order valence-corrected chi connectivity index (χ4v) is 3.84. The van der Waals surface area contributed by atoms with E-state index in [0.29, 0.717) is 23.7 Å². The maximum atomic E-state index is 12.7. The van der Waals surface area contributed by atoms with Gasteiger partial charge in [-0.1, -0.05) is 35.9 Å². The Bertz CT molecular complexity index is 1010. The van der Waals surface area contributed by atoms with E-state index in [0.717, 1.165) is 24.4 Å². The van der Waals surface area contributed by atoms with Crippen LogP contribution < -0.4 is 4.90 Å². The molecule has 1 aromatic heterocycles. The number of halogens is 1. The Kier molecular flexibility index (Phi) is 4.75. The zero-order valence-corrected chi connectivity index (χ0v) is 16.3. The van der Waals surface area contributed by atoms with E-state index < -0.39 is 0 Å². The molecule has 0 unspecified atom stereocenters. The van der Waals surface area contributed by atoms with E-state index in [9.17, 15) is 4.79 Å². The summed E-state index contributed by atoms with van der Waals surface area (Å²) in [5.41, 5.74) is 4.12. The number of carbonyl (C=O) groups excluding carboxylic acids is 1. The molecule has 0 N–H and O–H groups in total. The molecular formula is C22H22ClN3O. The van der Waals surface area contributed by atoms with Crippen molar-refractivity contribution in [2.75, 3.05) is 31.1 Å². The zero-order chi connectivity index (χ0) is 19.0. The number of benzene rings is 2. The van der Waals surface area contributed by atoms with E-state index >= 15 is 0 Å². The van der Waals surface area contributed by atoms with Crippen LogP contribution in [-0.4, -0.2) is 42.0 Å². The second-order valence-corrected chi connectivity index (χ2v) is 7.49. The van der Waals surface area contributed by atoms with Crippen LogP contribution in [0.25, 0.3) is 10.9 Å². The third kappa shape index (κ3) is 3.50. The monoisotopic (exact) mass is 379 g/mol. The maximum Gasteiger partial charge on any atom is 0.254 e. The first kappa shape index (κ1) is 17.8. The van der Waals surface area contributed by atoms with E-state index in [1.54, 1.807) is 12.1 Å². The Morgan fingerprint density at radius 3 is 2.44 bits per heavy atom. The first-order valence-electron chi connectivity index (χ1n) is 9.20. The molecule has 0 bridgehead atoms. The number of piperazine rings is 1. The minimum absolute atomic E-state index is 0.0376. The molecule has 0 aliphatic carbocycles. The molecule has 1 saturated heterocycles. The molecule has 4 nitrogen and oxygen atoms in total. The number of fused-ring (bicyclic) bond motifs is 1. The predicted octanol–water partition coefficient (Wildman–Crippen LogP) is 4.47.